The third-order valence-electron chi connectivity index (χ3n) is 6.12. The number of carbonyl (C=O) groups excluding carboxylic acids is 1. The predicted molar refractivity (Wildman–Crippen MR) is 116 cm³/mol. The smallest absolute Gasteiger partial charge is 0.251 e. The van der Waals surface area contributed by atoms with E-state index in [1.807, 2.05) is 31.2 Å². The molecule has 5 nitrogen and oxygen atoms in total. The summed E-state index contributed by atoms with van der Waals surface area (Å²) in [7, 11) is 0. The van der Waals surface area contributed by atoms with Crippen molar-refractivity contribution < 1.29 is 9.90 Å². The fourth-order valence-electron chi connectivity index (χ4n) is 4.60. The lowest BCUT2D eigenvalue weighted by Gasteiger charge is -2.27. The number of nitrogens with zero attached hydrogens (tertiary/aromatic N) is 2. The Kier molecular flexibility index (Phi) is 5.58. The largest absolute Gasteiger partial charge is 0.508 e. The number of phenolic OH excluding ortho intramolecular Hbond substituents is 1. The summed E-state index contributed by atoms with van der Waals surface area (Å²) < 4.78 is 2.17. The fourth-order valence-corrected chi connectivity index (χ4v) is 4.60. The van der Waals surface area contributed by atoms with Crippen LogP contribution in [0, 0.1) is 6.92 Å². The number of primary amides is 1. The Morgan fingerprint density at radius 2 is 1.79 bits per heavy atom. The summed E-state index contributed by atoms with van der Waals surface area (Å²) in [6.07, 6.45) is 4.48. The first-order chi connectivity index (χ1) is 14.1. The summed E-state index contributed by atoms with van der Waals surface area (Å²) in [5.41, 5.74) is 10.3. The van der Waals surface area contributed by atoms with Crippen molar-refractivity contribution in [3.63, 3.8) is 0 Å². The van der Waals surface area contributed by atoms with E-state index in [0.29, 0.717) is 12.1 Å². The number of phenols is 1. The summed E-state index contributed by atoms with van der Waals surface area (Å²) in [5, 5.41) is 11.5. The second-order valence-electron chi connectivity index (χ2n) is 8.01. The molecule has 0 saturated carbocycles. The lowest BCUT2D eigenvalue weighted by atomic mass is 10.0. The Bertz CT molecular complexity index is 1020. The van der Waals surface area contributed by atoms with E-state index in [2.05, 4.69) is 21.6 Å². The van der Waals surface area contributed by atoms with E-state index < -0.39 is 5.91 Å². The average Bonchev–Trinajstić information content (AvgIpc) is 3.02. The third-order valence-corrected chi connectivity index (χ3v) is 6.12. The van der Waals surface area contributed by atoms with Crippen molar-refractivity contribution in [2.24, 2.45) is 5.73 Å². The summed E-state index contributed by atoms with van der Waals surface area (Å²) in [6.45, 7) is 5.40. The molecule has 152 valence electrons. The summed E-state index contributed by atoms with van der Waals surface area (Å²) in [4.78, 5) is 14.8. The summed E-state index contributed by atoms with van der Waals surface area (Å²) in [6, 6.07) is 14.0. The van der Waals surface area contributed by atoms with Crippen LogP contribution in [0.5, 0.6) is 5.75 Å². The lowest BCUT2D eigenvalue weighted by Crippen LogP contribution is -2.29. The highest BCUT2D eigenvalue weighted by Crippen LogP contribution is 2.35. The first-order valence-electron chi connectivity index (χ1n) is 10.5. The molecule has 3 N–H and O–H groups in total. The van der Waals surface area contributed by atoms with E-state index in [-0.39, 0.29) is 5.75 Å². The number of aromatic nitrogens is 1. The van der Waals surface area contributed by atoms with Gasteiger partial charge in [0.05, 0.1) is 5.56 Å². The molecule has 1 amide bonds. The van der Waals surface area contributed by atoms with Crippen molar-refractivity contribution in [3.05, 3.63) is 64.8 Å². The van der Waals surface area contributed by atoms with E-state index in [1.54, 1.807) is 6.07 Å². The molecule has 0 radical (unpaired) electrons. The maximum atomic E-state index is 12.4. The number of amides is 1. The first-order valence-corrected chi connectivity index (χ1v) is 10.5. The SMILES string of the molecule is Cc1c(C(N)=O)c2c(CN3CCCCC3)c(O)ccc2n1CCc1ccccc1. The molecule has 0 spiro atoms. The third kappa shape index (κ3) is 3.87. The number of piperidine rings is 1. The molecule has 5 heteroatoms. The van der Waals surface area contributed by atoms with Crippen LogP contribution in [0.15, 0.2) is 42.5 Å². The van der Waals surface area contributed by atoms with Gasteiger partial charge in [0.15, 0.2) is 0 Å². The molecule has 2 aromatic carbocycles. The van der Waals surface area contributed by atoms with Gasteiger partial charge in [0.1, 0.15) is 5.75 Å². The number of nitrogens with two attached hydrogens (primary N) is 1. The highest BCUT2D eigenvalue weighted by Gasteiger charge is 2.24. The minimum atomic E-state index is -0.434. The van der Waals surface area contributed by atoms with Crippen molar-refractivity contribution in [2.45, 2.75) is 45.7 Å². The Balaban J connectivity index is 1.77. The Morgan fingerprint density at radius 1 is 1.07 bits per heavy atom. The van der Waals surface area contributed by atoms with Crippen LogP contribution in [-0.4, -0.2) is 33.6 Å². The number of carbonyl (C=O) groups is 1. The molecule has 4 rings (SSSR count). The average molecular weight is 392 g/mol. The van der Waals surface area contributed by atoms with Crippen molar-refractivity contribution >= 4 is 16.8 Å². The second kappa shape index (κ2) is 8.29. The highest BCUT2D eigenvalue weighted by atomic mass is 16.3. The van der Waals surface area contributed by atoms with Crippen molar-refractivity contribution in [2.75, 3.05) is 13.1 Å². The zero-order chi connectivity index (χ0) is 20.4. The number of fused-ring (bicyclic) bond motifs is 1. The first kappa shape index (κ1) is 19.5. The van der Waals surface area contributed by atoms with Gasteiger partial charge >= 0.3 is 0 Å². The van der Waals surface area contributed by atoms with Gasteiger partial charge < -0.3 is 15.4 Å². The number of benzene rings is 2. The van der Waals surface area contributed by atoms with Crippen molar-refractivity contribution in [1.29, 1.82) is 0 Å². The maximum absolute atomic E-state index is 12.4. The van der Waals surface area contributed by atoms with E-state index in [9.17, 15) is 9.90 Å². The van der Waals surface area contributed by atoms with E-state index >= 15 is 0 Å². The number of likely N-dealkylation sites (tertiary alicyclic amines) is 1. The predicted octanol–water partition coefficient (Wildman–Crippen LogP) is 3.98. The molecule has 29 heavy (non-hydrogen) atoms. The molecule has 2 heterocycles. The van der Waals surface area contributed by atoms with Gasteiger partial charge in [-0.05, 0) is 57.0 Å². The molecule has 1 saturated heterocycles. The molecule has 1 aromatic heterocycles. The zero-order valence-electron chi connectivity index (χ0n) is 17.0. The maximum Gasteiger partial charge on any atom is 0.251 e. The molecular weight excluding hydrogens is 362 g/mol. The topological polar surface area (TPSA) is 71.5 Å². The van der Waals surface area contributed by atoms with Gasteiger partial charge in [-0.1, -0.05) is 36.8 Å². The van der Waals surface area contributed by atoms with Gasteiger partial charge in [-0.2, -0.15) is 0 Å². The molecular formula is C24H29N3O2. The van der Waals surface area contributed by atoms with Crippen LogP contribution < -0.4 is 5.73 Å². The van der Waals surface area contributed by atoms with Crippen molar-refractivity contribution in [3.8, 4) is 5.75 Å². The molecule has 0 atom stereocenters. The second-order valence-corrected chi connectivity index (χ2v) is 8.01. The quantitative estimate of drug-likeness (QED) is 0.668. The Labute approximate surface area is 171 Å². The van der Waals surface area contributed by atoms with E-state index in [1.165, 1.54) is 24.8 Å². The molecule has 0 aliphatic carbocycles. The van der Waals surface area contributed by atoms with Crippen LogP contribution in [0.3, 0.4) is 0 Å². The Hall–Kier alpha value is -2.79. The van der Waals surface area contributed by atoms with E-state index in [4.69, 9.17) is 5.73 Å². The molecule has 0 unspecified atom stereocenters. The summed E-state index contributed by atoms with van der Waals surface area (Å²) >= 11 is 0. The van der Waals surface area contributed by atoms with Gasteiger partial charge in [-0.25, -0.2) is 0 Å². The molecule has 3 aromatic rings. The van der Waals surface area contributed by atoms with Crippen LogP contribution in [0.1, 0.15) is 46.4 Å². The normalized spacial score (nSPS) is 15.1. The van der Waals surface area contributed by atoms with E-state index in [0.717, 1.165) is 48.2 Å². The minimum absolute atomic E-state index is 0.241. The number of aromatic hydroxyl groups is 1. The van der Waals surface area contributed by atoms with Gasteiger partial charge in [0, 0.05) is 35.2 Å². The number of rotatable bonds is 6. The zero-order valence-corrected chi connectivity index (χ0v) is 17.0. The van der Waals surface area contributed by atoms with Crippen LogP contribution >= 0.6 is 0 Å². The molecule has 0 bridgehead atoms. The van der Waals surface area contributed by atoms with Gasteiger partial charge in [-0.3, -0.25) is 9.69 Å². The van der Waals surface area contributed by atoms with Crippen LogP contribution in [0.4, 0.5) is 0 Å². The lowest BCUT2D eigenvalue weighted by molar-refractivity contribution is 0.100. The molecule has 1 aliphatic heterocycles. The number of aryl methyl sites for hydroxylation is 2. The summed E-state index contributed by atoms with van der Waals surface area (Å²) in [5.74, 6) is -0.192. The minimum Gasteiger partial charge on any atom is -0.508 e. The monoisotopic (exact) mass is 391 g/mol. The highest BCUT2D eigenvalue weighted by molar-refractivity contribution is 6.09. The Morgan fingerprint density at radius 3 is 2.48 bits per heavy atom. The fraction of sp³-hybridized carbons (Fsp3) is 0.375. The van der Waals surface area contributed by atoms with Crippen LogP contribution in [0.2, 0.25) is 0 Å². The van der Waals surface area contributed by atoms with Crippen LogP contribution in [0.25, 0.3) is 10.9 Å². The standard InChI is InChI=1S/C24H29N3O2/c1-17-22(24(25)29)23-19(16-26-13-6-3-7-14-26)21(28)11-10-20(23)27(17)15-12-18-8-4-2-5-9-18/h2,4-5,8-11,28H,3,6-7,12-16H2,1H3,(H2,25,29). The molecule has 1 aliphatic rings. The molecule has 1 fully saturated rings. The number of hydrogen-bond acceptors (Lipinski definition) is 3. The van der Waals surface area contributed by atoms with Crippen molar-refractivity contribution in [1.82, 2.24) is 9.47 Å². The number of hydrogen-bond donors (Lipinski definition) is 2. The van der Waals surface area contributed by atoms with Gasteiger partial charge in [-0.15, -0.1) is 0 Å². The van der Waals surface area contributed by atoms with Gasteiger partial charge in [0.25, 0.3) is 5.91 Å². The van der Waals surface area contributed by atoms with Crippen LogP contribution in [-0.2, 0) is 19.5 Å². The van der Waals surface area contributed by atoms with Gasteiger partial charge in [0.2, 0.25) is 0 Å².